The van der Waals surface area contributed by atoms with Gasteiger partial charge in [-0.05, 0) is 33.6 Å². The number of esters is 1. The lowest BCUT2D eigenvalue weighted by atomic mass is 10.1. The van der Waals surface area contributed by atoms with Crippen LogP contribution in [0.2, 0.25) is 0 Å². The zero-order chi connectivity index (χ0) is 18.8. The fraction of sp³-hybridized carbons (Fsp3) is 0.706. The van der Waals surface area contributed by atoms with E-state index < -0.39 is 23.7 Å². The highest BCUT2D eigenvalue weighted by Crippen LogP contribution is 2.16. The molecule has 0 aromatic carbocycles. The van der Waals surface area contributed by atoms with Crippen LogP contribution in [-0.2, 0) is 19.1 Å². The van der Waals surface area contributed by atoms with Crippen molar-refractivity contribution in [1.82, 2.24) is 4.90 Å². The number of rotatable bonds is 10. The SMILES string of the molecule is C=CCN(C(=O)OC(C)(C)C)C(CCCCCC(=O)OC)C(=O)O. The number of carbonyl (C=O) groups excluding carboxylic acids is 2. The molecule has 7 nitrogen and oxygen atoms in total. The first-order valence-corrected chi connectivity index (χ1v) is 8.02. The number of aliphatic carboxylic acids is 1. The fourth-order valence-corrected chi connectivity index (χ4v) is 2.09. The van der Waals surface area contributed by atoms with E-state index in [2.05, 4.69) is 11.3 Å². The van der Waals surface area contributed by atoms with Gasteiger partial charge in [0.2, 0.25) is 0 Å². The Labute approximate surface area is 143 Å². The minimum absolute atomic E-state index is 0.0913. The number of carbonyl (C=O) groups is 3. The van der Waals surface area contributed by atoms with Gasteiger partial charge >= 0.3 is 18.0 Å². The van der Waals surface area contributed by atoms with Gasteiger partial charge in [0.05, 0.1) is 7.11 Å². The molecule has 0 aliphatic heterocycles. The summed E-state index contributed by atoms with van der Waals surface area (Å²) in [6, 6.07) is -0.990. The van der Waals surface area contributed by atoms with Gasteiger partial charge in [-0.25, -0.2) is 9.59 Å². The predicted octanol–water partition coefficient (Wildman–Crippen LogP) is 2.99. The summed E-state index contributed by atoms with van der Waals surface area (Å²) in [6.07, 6.45) is 3.24. The summed E-state index contributed by atoms with van der Waals surface area (Å²) in [4.78, 5) is 36.0. The molecule has 1 amide bonds. The van der Waals surface area contributed by atoms with E-state index in [-0.39, 0.29) is 18.9 Å². The number of ether oxygens (including phenoxy) is 2. The summed E-state index contributed by atoms with van der Waals surface area (Å²) in [6.45, 7) is 8.82. The Hall–Kier alpha value is -2.05. The number of methoxy groups -OCH3 is 1. The lowest BCUT2D eigenvalue weighted by Crippen LogP contribution is -2.47. The second-order valence-electron chi connectivity index (χ2n) is 6.45. The van der Waals surface area contributed by atoms with E-state index in [9.17, 15) is 19.5 Å². The van der Waals surface area contributed by atoms with Gasteiger partial charge < -0.3 is 14.6 Å². The van der Waals surface area contributed by atoms with Crippen molar-refractivity contribution in [2.75, 3.05) is 13.7 Å². The monoisotopic (exact) mass is 343 g/mol. The van der Waals surface area contributed by atoms with Crippen molar-refractivity contribution < 1.29 is 29.0 Å². The number of hydrogen-bond donors (Lipinski definition) is 1. The first-order chi connectivity index (χ1) is 11.1. The summed E-state index contributed by atoms with van der Waals surface area (Å²) in [5.41, 5.74) is -0.708. The maximum atomic E-state index is 12.2. The number of amides is 1. The Morgan fingerprint density at radius 3 is 2.29 bits per heavy atom. The zero-order valence-corrected chi connectivity index (χ0v) is 15.0. The van der Waals surface area contributed by atoms with Crippen LogP contribution in [-0.4, -0.2) is 53.3 Å². The van der Waals surface area contributed by atoms with Crippen LogP contribution in [0, 0.1) is 0 Å². The van der Waals surface area contributed by atoms with Crippen molar-refractivity contribution >= 4 is 18.0 Å². The first kappa shape index (κ1) is 21.9. The van der Waals surface area contributed by atoms with Gasteiger partial charge in [0.15, 0.2) is 0 Å². The molecule has 1 atom stereocenters. The molecule has 0 fully saturated rings. The van der Waals surface area contributed by atoms with E-state index in [1.807, 2.05) is 0 Å². The van der Waals surface area contributed by atoms with Gasteiger partial charge in [0.25, 0.3) is 0 Å². The Bertz CT molecular complexity index is 441. The minimum Gasteiger partial charge on any atom is -0.480 e. The molecule has 1 unspecified atom stereocenters. The largest absolute Gasteiger partial charge is 0.480 e. The van der Waals surface area contributed by atoms with Gasteiger partial charge in [0, 0.05) is 13.0 Å². The Kier molecular flexibility index (Phi) is 9.76. The van der Waals surface area contributed by atoms with Crippen molar-refractivity contribution in [3.8, 4) is 0 Å². The number of hydrogen-bond acceptors (Lipinski definition) is 5. The van der Waals surface area contributed by atoms with Crippen LogP contribution in [0.5, 0.6) is 0 Å². The average molecular weight is 343 g/mol. The molecule has 0 aromatic heterocycles. The Morgan fingerprint density at radius 1 is 1.21 bits per heavy atom. The number of carboxylic acid groups (broad SMARTS) is 1. The number of carboxylic acids is 1. The second kappa shape index (κ2) is 10.7. The Morgan fingerprint density at radius 2 is 1.83 bits per heavy atom. The predicted molar refractivity (Wildman–Crippen MR) is 89.7 cm³/mol. The molecule has 1 N–H and O–H groups in total. The molecule has 0 heterocycles. The van der Waals surface area contributed by atoms with Crippen LogP contribution >= 0.6 is 0 Å². The maximum Gasteiger partial charge on any atom is 0.411 e. The molecule has 138 valence electrons. The molecule has 0 bridgehead atoms. The summed E-state index contributed by atoms with van der Waals surface area (Å²) >= 11 is 0. The number of unbranched alkanes of at least 4 members (excludes halogenated alkanes) is 2. The van der Waals surface area contributed by atoms with Crippen LogP contribution in [0.3, 0.4) is 0 Å². The summed E-state index contributed by atoms with van der Waals surface area (Å²) in [5.74, 6) is -1.37. The van der Waals surface area contributed by atoms with E-state index in [4.69, 9.17) is 4.74 Å². The van der Waals surface area contributed by atoms with Crippen molar-refractivity contribution in [3.63, 3.8) is 0 Å². The van der Waals surface area contributed by atoms with Crippen LogP contribution in [0.25, 0.3) is 0 Å². The highest BCUT2D eigenvalue weighted by atomic mass is 16.6. The molecular formula is C17H29NO6. The van der Waals surface area contributed by atoms with Crippen LogP contribution in [0.15, 0.2) is 12.7 Å². The molecule has 0 saturated carbocycles. The molecule has 0 rings (SSSR count). The van der Waals surface area contributed by atoms with Crippen LogP contribution in [0.1, 0.15) is 52.9 Å². The van der Waals surface area contributed by atoms with E-state index in [1.165, 1.54) is 18.1 Å². The lowest BCUT2D eigenvalue weighted by molar-refractivity contribution is -0.143. The summed E-state index contributed by atoms with van der Waals surface area (Å²) in [5, 5.41) is 9.44. The van der Waals surface area contributed by atoms with Crippen molar-refractivity contribution in [2.24, 2.45) is 0 Å². The smallest absolute Gasteiger partial charge is 0.411 e. The highest BCUT2D eigenvalue weighted by molar-refractivity contribution is 5.80. The standard InChI is InChI=1S/C17H29NO6/c1-6-12-18(16(22)24-17(2,3)4)13(15(20)21)10-8-7-9-11-14(19)23-5/h6,13H,1,7-12H2,2-5H3,(H,20,21). The third kappa shape index (κ3) is 9.17. The normalized spacial score (nSPS) is 12.2. The molecular weight excluding hydrogens is 314 g/mol. The van der Waals surface area contributed by atoms with Gasteiger partial charge in [-0.15, -0.1) is 6.58 Å². The van der Waals surface area contributed by atoms with Gasteiger partial charge in [-0.2, -0.15) is 0 Å². The van der Waals surface area contributed by atoms with E-state index >= 15 is 0 Å². The van der Waals surface area contributed by atoms with Crippen molar-refractivity contribution in [3.05, 3.63) is 12.7 Å². The minimum atomic E-state index is -1.09. The van der Waals surface area contributed by atoms with E-state index in [1.54, 1.807) is 20.8 Å². The molecule has 7 heteroatoms. The third-order valence-corrected chi connectivity index (χ3v) is 3.20. The maximum absolute atomic E-state index is 12.2. The quantitative estimate of drug-likeness (QED) is 0.372. The second-order valence-corrected chi connectivity index (χ2v) is 6.45. The molecule has 24 heavy (non-hydrogen) atoms. The fourth-order valence-electron chi connectivity index (χ4n) is 2.09. The van der Waals surface area contributed by atoms with Gasteiger partial charge in [-0.1, -0.05) is 18.9 Å². The average Bonchev–Trinajstić information content (AvgIpc) is 2.46. The first-order valence-electron chi connectivity index (χ1n) is 8.02. The molecule has 0 radical (unpaired) electrons. The Balaban J connectivity index is 4.71. The molecule has 0 aromatic rings. The zero-order valence-electron chi connectivity index (χ0n) is 15.0. The highest BCUT2D eigenvalue weighted by Gasteiger charge is 2.31. The van der Waals surface area contributed by atoms with Crippen LogP contribution in [0.4, 0.5) is 4.79 Å². The van der Waals surface area contributed by atoms with Gasteiger partial charge in [0.1, 0.15) is 11.6 Å². The lowest BCUT2D eigenvalue weighted by Gasteiger charge is -2.30. The molecule has 0 aliphatic rings. The molecule has 0 spiro atoms. The topological polar surface area (TPSA) is 93.1 Å². The van der Waals surface area contributed by atoms with Crippen molar-refractivity contribution in [2.45, 2.75) is 64.5 Å². The molecule has 0 aliphatic carbocycles. The molecule has 0 saturated heterocycles. The number of nitrogens with zero attached hydrogens (tertiary/aromatic N) is 1. The van der Waals surface area contributed by atoms with Gasteiger partial charge in [-0.3, -0.25) is 9.69 Å². The van der Waals surface area contributed by atoms with E-state index in [0.717, 1.165) is 0 Å². The summed E-state index contributed by atoms with van der Waals surface area (Å²) in [7, 11) is 1.33. The summed E-state index contributed by atoms with van der Waals surface area (Å²) < 4.78 is 9.82. The van der Waals surface area contributed by atoms with E-state index in [0.29, 0.717) is 25.7 Å². The van der Waals surface area contributed by atoms with Crippen LogP contribution < -0.4 is 0 Å². The van der Waals surface area contributed by atoms with Crippen molar-refractivity contribution in [1.29, 1.82) is 0 Å². The third-order valence-electron chi connectivity index (χ3n) is 3.20.